The number of aromatic amines is 1. The van der Waals surface area contributed by atoms with Crippen LogP contribution in [0.15, 0.2) is 90.0 Å². The molecule has 0 fully saturated rings. The van der Waals surface area contributed by atoms with E-state index in [1.54, 1.807) is 10.9 Å². The maximum atomic E-state index is 5.88. The number of benzene rings is 3. The number of ether oxygens (including phenoxy) is 2. The van der Waals surface area contributed by atoms with Crippen molar-refractivity contribution in [2.75, 3.05) is 0 Å². The molecule has 6 nitrogen and oxygen atoms in total. The van der Waals surface area contributed by atoms with Gasteiger partial charge in [0.15, 0.2) is 5.82 Å². The number of para-hydroxylation sites is 2. The molecular formula is C23H20N4O2S. The summed E-state index contributed by atoms with van der Waals surface area (Å²) in [5.41, 5.74) is 1.95. The normalized spacial score (nSPS) is 10.9. The van der Waals surface area contributed by atoms with Crippen LogP contribution in [0.1, 0.15) is 17.0 Å². The molecule has 0 bridgehead atoms. The summed E-state index contributed by atoms with van der Waals surface area (Å²) < 4.78 is 13.6. The SMILES string of the molecule is S=c1[nH]nc(COc2ccccc2)n1/N=C\c1ccccc1COc1ccccc1. The third kappa shape index (κ3) is 5.01. The maximum Gasteiger partial charge on any atom is 0.216 e. The van der Waals surface area contributed by atoms with Crippen LogP contribution in [-0.2, 0) is 13.2 Å². The highest BCUT2D eigenvalue weighted by Gasteiger charge is 2.07. The molecule has 0 spiro atoms. The number of hydrogen-bond acceptors (Lipinski definition) is 5. The molecule has 3 aromatic carbocycles. The van der Waals surface area contributed by atoms with Crippen LogP contribution in [-0.4, -0.2) is 21.1 Å². The van der Waals surface area contributed by atoms with Gasteiger partial charge in [-0.05, 0) is 42.0 Å². The minimum absolute atomic E-state index is 0.243. The quantitative estimate of drug-likeness (QED) is 0.325. The zero-order valence-corrected chi connectivity index (χ0v) is 17.0. The number of nitrogens with one attached hydrogen (secondary N) is 1. The summed E-state index contributed by atoms with van der Waals surface area (Å²) in [6.07, 6.45) is 1.75. The Morgan fingerprint density at radius 3 is 2.13 bits per heavy atom. The smallest absolute Gasteiger partial charge is 0.216 e. The summed E-state index contributed by atoms with van der Waals surface area (Å²) in [6, 6.07) is 27.2. The van der Waals surface area contributed by atoms with Crippen LogP contribution in [0.4, 0.5) is 0 Å². The van der Waals surface area contributed by atoms with E-state index in [0.717, 1.165) is 22.6 Å². The van der Waals surface area contributed by atoms with Crippen LogP contribution >= 0.6 is 12.2 Å². The lowest BCUT2D eigenvalue weighted by molar-refractivity contribution is 0.290. The summed E-state index contributed by atoms with van der Waals surface area (Å²) in [4.78, 5) is 0. The van der Waals surface area contributed by atoms with Gasteiger partial charge in [-0.2, -0.15) is 14.9 Å². The summed E-state index contributed by atoms with van der Waals surface area (Å²) in [7, 11) is 0. The maximum absolute atomic E-state index is 5.88. The van der Waals surface area contributed by atoms with Crippen molar-refractivity contribution in [1.82, 2.24) is 14.9 Å². The van der Waals surface area contributed by atoms with Gasteiger partial charge in [0.05, 0.1) is 6.21 Å². The first-order valence-electron chi connectivity index (χ1n) is 9.44. The Kier molecular flexibility index (Phi) is 6.31. The fourth-order valence-electron chi connectivity index (χ4n) is 2.79. The summed E-state index contributed by atoms with van der Waals surface area (Å²) >= 11 is 5.32. The lowest BCUT2D eigenvalue weighted by Crippen LogP contribution is -2.05. The lowest BCUT2D eigenvalue weighted by Gasteiger charge is -2.09. The second-order valence-electron chi connectivity index (χ2n) is 6.40. The monoisotopic (exact) mass is 416 g/mol. The molecule has 4 rings (SSSR count). The highest BCUT2D eigenvalue weighted by Crippen LogP contribution is 2.14. The molecule has 0 aliphatic carbocycles. The summed E-state index contributed by atoms with van der Waals surface area (Å²) in [5, 5.41) is 11.5. The van der Waals surface area contributed by atoms with Crippen LogP contribution in [0.25, 0.3) is 0 Å². The van der Waals surface area contributed by atoms with E-state index in [1.807, 2.05) is 84.9 Å². The second kappa shape index (κ2) is 9.67. The van der Waals surface area contributed by atoms with Crippen molar-refractivity contribution in [3.05, 3.63) is 107 Å². The Bertz CT molecular complexity index is 1170. The Morgan fingerprint density at radius 1 is 0.833 bits per heavy atom. The number of rotatable bonds is 8. The van der Waals surface area contributed by atoms with Gasteiger partial charge in [-0.15, -0.1) is 0 Å². The van der Waals surface area contributed by atoms with E-state index in [4.69, 9.17) is 21.7 Å². The number of aromatic nitrogens is 3. The van der Waals surface area contributed by atoms with Crippen LogP contribution in [0, 0.1) is 4.77 Å². The van der Waals surface area contributed by atoms with Gasteiger partial charge in [0.2, 0.25) is 4.77 Å². The van der Waals surface area contributed by atoms with Gasteiger partial charge >= 0.3 is 0 Å². The van der Waals surface area contributed by atoms with E-state index in [1.165, 1.54) is 0 Å². The van der Waals surface area contributed by atoms with E-state index >= 15 is 0 Å². The van der Waals surface area contributed by atoms with Gasteiger partial charge in [-0.1, -0.05) is 60.7 Å². The molecular weight excluding hydrogens is 396 g/mol. The topological polar surface area (TPSA) is 64.4 Å². The van der Waals surface area contributed by atoms with Gasteiger partial charge in [-0.25, -0.2) is 5.10 Å². The molecule has 150 valence electrons. The highest BCUT2D eigenvalue weighted by atomic mass is 32.1. The summed E-state index contributed by atoms with van der Waals surface area (Å²) in [5.74, 6) is 2.16. The van der Waals surface area contributed by atoms with E-state index in [-0.39, 0.29) is 6.61 Å². The molecule has 0 aliphatic rings. The van der Waals surface area contributed by atoms with Crippen LogP contribution in [0.2, 0.25) is 0 Å². The minimum atomic E-state index is 0.243. The van der Waals surface area contributed by atoms with Crippen molar-refractivity contribution in [2.24, 2.45) is 5.10 Å². The molecule has 1 heterocycles. The summed E-state index contributed by atoms with van der Waals surface area (Å²) in [6.45, 7) is 0.681. The van der Waals surface area contributed by atoms with E-state index in [0.29, 0.717) is 17.2 Å². The first-order chi connectivity index (χ1) is 14.8. The fourth-order valence-corrected chi connectivity index (χ4v) is 2.99. The Balaban J connectivity index is 1.49. The fraction of sp³-hybridized carbons (Fsp3) is 0.0870. The predicted octanol–water partition coefficient (Wildman–Crippen LogP) is 4.98. The molecule has 1 aromatic heterocycles. The molecule has 0 unspecified atom stereocenters. The third-order valence-electron chi connectivity index (χ3n) is 4.33. The molecule has 0 aliphatic heterocycles. The Labute approximate surface area is 179 Å². The first-order valence-corrected chi connectivity index (χ1v) is 9.85. The van der Waals surface area contributed by atoms with E-state index in [9.17, 15) is 0 Å². The van der Waals surface area contributed by atoms with Gasteiger partial charge in [0.1, 0.15) is 24.7 Å². The molecule has 30 heavy (non-hydrogen) atoms. The van der Waals surface area contributed by atoms with Gasteiger partial charge in [0.25, 0.3) is 0 Å². The van der Waals surface area contributed by atoms with E-state index in [2.05, 4.69) is 15.3 Å². The Morgan fingerprint density at radius 2 is 1.43 bits per heavy atom. The minimum Gasteiger partial charge on any atom is -0.489 e. The average molecular weight is 417 g/mol. The van der Waals surface area contributed by atoms with Crippen molar-refractivity contribution < 1.29 is 9.47 Å². The molecule has 0 saturated carbocycles. The average Bonchev–Trinajstić information content (AvgIpc) is 3.16. The third-order valence-corrected chi connectivity index (χ3v) is 4.60. The van der Waals surface area contributed by atoms with Crippen LogP contribution in [0.3, 0.4) is 0 Å². The first kappa shape index (κ1) is 19.6. The number of hydrogen-bond donors (Lipinski definition) is 1. The molecule has 0 amide bonds. The number of H-pyrrole nitrogens is 1. The predicted molar refractivity (Wildman–Crippen MR) is 118 cm³/mol. The van der Waals surface area contributed by atoms with Gasteiger partial charge < -0.3 is 9.47 Å². The molecule has 7 heteroatoms. The lowest BCUT2D eigenvalue weighted by atomic mass is 10.1. The van der Waals surface area contributed by atoms with Crippen molar-refractivity contribution in [3.63, 3.8) is 0 Å². The zero-order chi connectivity index (χ0) is 20.6. The van der Waals surface area contributed by atoms with Gasteiger partial charge in [-0.3, -0.25) is 0 Å². The van der Waals surface area contributed by atoms with Crippen LogP contribution in [0.5, 0.6) is 11.5 Å². The zero-order valence-electron chi connectivity index (χ0n) is 16.1. The van der Waals surface area contributed by atoms with Crippen molar-refractivity contribution in [2.45, 2.75) is 13.2 Å². The number of nitrogens with zero attached hydrogens (tertiary/aromatic N) is 3. The molecule has 4 aromatic rings. The van der Waals surface area contributed by atoms with Crippen LogP contribution < -0.4 is 9.47 Å². The molecule has 0 atom stereocenters. The molecule has 0 radical (unpaired) electrons. The Hall–Kier alpha value is -3.71. The van der Waals surface area contributed by atoms with Crippen molar-refractivity contribution in [1.29, 1.82) is 0 Å². The highest BCUT2D eigenvalue weighted by molar-refractivity contribution is 7.71. The van der Waals surface area contributed by atoms with Crippen molar-refractivity contribution in [3.8, 4) is 11.5 Å². The van der Waals surface area contributed by atoms with E-state index < -0.39 is 0 Å². The van der Waals surface area contributed by atoms with Gasteiger partial charge in [0, 0.05) is 5.56 Å². The molecule has 1 N–H and O–H groups in total. The second-order valence-corrected chi connectivity index (χ2v) is 6.79. The van der Waals surface area contributed by atoms with Crippen molar-refractivity contribution >= 4 is 18.4 Å². The largest absolute Gasteiger partial charge is 0.489 e. The molecule has 0 saturated heterocycles. The standard InChI is InChI=1S/C23H20N4O2S/c30-23-26-25-22(17-29-21-13-5-2-6-14-21)27(23)24-15-18-9-7-8-10-19(18)16-28-20-11-3-1-4-12-20/h1-15H,16-17H2,(H,26,30)/b24-15-.